The Kier molecular flexibility index (Phi) is 6.58. The second-order valence-electron chi connectivity index (χ2n) is 8.41. The first-order valence-electron chi connectivity index (χ1n) is 8.56. The number of amides is 1. The minimum absolute atomic E-state index is 0.127. The molecule has 1 rings (SSSR count). The first-order chi connectivity index (χ1) is 11.0. The van der Waals surface area contributed by atoms with Crippen LogP contribution < -0.4 is 5.32 Å². The van der Waals surface area contributed by atoms with Gasteiger partial charge < -0.3 is 10.4 Å². The molecule has 0 radical (unpaired) electrons. The van der Waals surface area contributed by atoms with Crippen LogP contribution in [0.3, 0.4) is 0 Å². The lowest BCUT2D eigenvalue weighted by Gasteiger charge is -2.28. The van der Waals surface area contributed by atoms with Crippen LogP contribution in [0.15, 0.2) is 12.1 Å². The Morgan fingerprint density at radius 1 is 1.04 bits per heavy atom. The molecule has 0 saturated heterocycles. The zero-order valence-electron chi connectivity index (χ0n) is 15.8. The summed E-state index contributed by atoms with van der Waals surface area (Å²) in [6.07, 6.45) is 2.90. The number of unbranched alkanes of at least 4 members (excludes halogenated alkanes) is 1. The summed E-state index contributed by atoms with van der Waals surface area (Å²) in [6.45, 7) is 13.1. The van der Waals surface area contributed by atoms with Gasteiger partial charge in [-0.15, -0.1) is 0 Å². The number of phenols is 1. The summed E-state index contributed by atoms with van der Waals surface area (Å²) in [5.74, 6) is -0.165. The van der Waals surface area contributed by atoms with Crippen LogP contribution in [-0.4, -0.2) is 23.8 Å². The molecule has 0 heterocycles. The number of benzene rings is 1. The van der Waals surface area contributed by atoms with Crippen molar-refractivity contribution in [1.82, 2.24) is 5.32 Å². The monoisotopic (exact) mass is 333 g/mol. The highest BCUT2D eigenvalue weighted by Crippen LogP contribution is 2.39. The number of nitrogens with one attached hydrogen (secondary N) is 1. The lowest BCUT2D eigenvalue weighted by molar-refractivity contribution is -0.131. The van der Waals surface area contributed by atoms with Crippen molar-refractivity contribution in [3.05, 3.63) is 28.8 Å². The lowest BCUT2D eigenvalue weighted by Crippen LogP contribution is -2.25. The van der Waals surface area contributed by atoms with E-state index in [1.54, 1.807) is 0 Å². The first-order valence-corrected chi connectivity index (χ1v) is 8.56. The number of phenolic OH excluding ortho intramolecular Hbond substituents is 1. The zero-order valence-corrected chi connectivity index (χ0v) is 15.8. The van der Waals surface area contributed by atoms with E-state index in [-0.39, 0.29) is 10.8 Å². The second kappa shape index (κ2) is 7.82. The van der Waals surface area contributed by atoms with Gasteiger partial charge in [0.2, 0.25) is 6.29 Å². The fraction of sp³-hybridized carbons (Fsp3) is 0.600. The molecule has 0 aromatic heterocycles. The molecule has 1 aromatic carbocycles. The maximum absolute atomic E-state index is 10.9. The van der Waals surface area contributed by atoms with Crippen LogP contribution in [0, 0.1) is 0 Å². The number of aromatic hydroxyl groups is 1. The topological polar surface area (TPSA) is 66.4 Å². The molecular weight excluding hydrogens is 302 g/mol. The van der Waals surface area contributed by atoms with Crippen molar-refractivity contribution in [2.24, 2.45) is 0 Å². The molecule has 24 heavy (non-hydrogen) atoms. The average molecular weight is 333 g/mol. The summed E-state index contributed by atoms with van der Waals surface area (Å²) in [6, 6.07) is 4.18. The summed E-state index contributed by atoms with van der Waals surface area (Å²) >= 11 is 0. The van der Waals surface area contributed by atoms with Gasteiger partial charge in [0.15, 0.2) is 0 Å². The molecule has 2 N–H and O–H groups in total. The molecule has 134 valence electrons. The smallest absolute Gasteiger partial charge is 0.284 e. The molecule has 0 saturated carbocycles. The maximum Gasteiger partial charge on any atom is 0.284 e. The summed E-state index contributed by atoms with van der Waals surface area (Å²) in [5, 5.41) is 13.3. The molecule has 4 heteroatoms. The van der Waals surface area contributed by atoms with E-state index >= 15 is 0 Å². The van der Waals surface area contributed by atoms with Crippen molar-refractivity contribution in [3.8, 4) is 5.75 Å². The van der Waals surface area contributed by atoms with E-state index in [1.165, 1.54) is 5.56 Å². The Hall–Kier alpha value is -1.84. The largest absolute Gasteiger partial charge is 0.507 e. The third kappa shape index (κ3) is 5.66. The number of carbonyl (C=O) groups is 2. The Labute approximate surface area is 145 Å². The maximum atomic E-state index is 10.9. The van der Waals surface area contributed by atoms with E-state index in [9.17, 15) is 14.7 Å². The van der Waals surface area contributed by atoms with E-state index in [0.717, 1.165) is 30.4 Å². The van der Waals surface area contributed by atoms with Crippen LogP contribution >= 0.6 is 0 Å². The van der Waals surface area contributed by atoms with E-state index < -0.39 is 5.91 Å². The van der Waals surface area contributed by atoms with Gasteiger partial charge in [0.1, 0.15) is 5.75 Å². The molecule has 0 unspecified atom stereocenters. The van der Waals surface area contributed by atoms with Crippen LogP contribution in [0.1, 0.15) is 71.1 Å². The fourth-order valence-corrected chi connectivity index (χ4v) is 2.69. The van der Waals surface area contributed by atoms with Crippen molar-refractivity contribution < 1.29 is 14.7 Å². The van der Waals surface area contributed by atoms with Gasteiger partial charge in [-0.1, -0.05) is 53.7 Å². The molecule has 0 aliphatic rings. The van der Waals surface area contributed by atoms with E-state index in [0.29, 0.717) is 18.6 Å². The van der Waals surface area contributed by atoms with Crippen molar-refractivity contribution in [1.29, 1.82) is 0 Å². The molecule has 4 nitrogen and oxygen atoms in total. The SMILES string of the molecule is CC(C)(C)c1cc(CCCCNC(=O)C=O)cc(C(C)(C)C)c1O. The predicted molar refractivity (Wildman–Crippen MR) is 97.5 cm³/mol. The van der Waals surface area contributed by atoms with Gasteiger partial charge in [-0.2, -0.15) is 0 Å². The molecule has 1 aromatic rings. The molecule has 0 fully saturated rings. The van der Waals surface area contributed by atoms with Gasteiger partial charge in [0, 0.05) is 6.54 Å². The fourth-order valence-electron chi connectivity index (χ4n) is 2.69. The van der Waals surface area contributed by atoms with E-state index in [4.69, 9.17) is 0 Å². The Bertz CT molecular complexity index is 557. The van der Waals surface area contributed by atoms with Gasteiger partial charge in [-0.25, -0.2) is 0 Å². The van der Waals surface area contributed by atoms with Gasteiger partial charge >= 0.3 is 0 Å². The minimum atomic E-state index is -0.565. The quantitative estimate of drug-likeness (QED) is 0.475. The summed E-state index contributed by atoms with van der Waals surface area (Å²) in [5.41, 5.74) is 2.89. The van der Waals surface area contributed by atoms with Crippen LogP contribution in [0.5, 0.6) is 5.75 Å². The summed E-state index contributed by atoms with van der Waals surface area (Å²) in [4.78, 5) is 21.1. The third-order valence-corrected chi connectivity index (χ3v) is 4.08. The van der Waals surface area contributed by atoms with Gasteiger partial charge in [0.05, 0.1) is 0 Å². The Morgan fingerprint density at radius 2 is 1.54 bits per heavy atom. The van der Waals surface area contributed by atoms with Gasteiger partial charge in [-0.3, -0.25) is 9.59 Å². The predicted octanol–water partition coefficient (Wildman–Crippen LogP) is 3.63. The molecule has 1 amide bonds. The molecular formula is C20H31NO3. The highest BCUT2D eigenvalue weighted by atomic mass is 16.3. The van der Waals surface area contributed by atoms with Crippen LogP contribution in [-0.2, 0) is 26.8 Å². The molecule has 0 spiro atoms. The lowest BCUT2D eigenvalue weighted by atomic mass is 9.78. The van der Waals surface area contributed by atoms with Crippen molar-refractivity contribution in [3.63, 3.8) is 0 Å². The molecule has 0 aliphatic heterocycles. The minimum Gasteiger partial charge on any atom is -0.507 e. The van der Waals surface area contributed by atoms with Gasteiger partial charge in [0.25, 0.3) is 5.91 Å². The molecule has 0 aliphatic carbocycles. The van der Waals surface area contributed by atoms with Crippen LogP contribution in [0.4, 0.5) is 0 Å². The number of rotatable bonds is 6. The van der Waals surface area contributed by atoms with Crippen LogP contribution in [0.2, 0.25) is 0 Å². The first kappa shape index (κ1) is 20.2. The summed E-state index contributed by atoms with van der Waals surface area (Å²) < 4.78 is 0. The number of hydrogen-bond acceptors (Lipinski definition) is 3. The number of hydrogen-bond donors (Lipinski definition) is 2. The highest BCUT2D eigenvalue weighted by Gasteiger charge is 2.26. The Balaban J connectivity index is 2.91. The normalized spacial score (nSPS) is 12.1. The third-order valence-electron chi connectivity index (χ3n) is 4.08. The van der Waals surface area contributed by atoms with Gasteiger partial charge in [-0.05, 0) is 46.8 Å². The van der Waals surface area contributed by atoms with E-state index in [2.05, 4.69) is 59.0 Å². The van der Waals surface area contributed by atoms with Crippen LogP contribution in [0.25, 0.3) is 0 Å². The summed E-state index contributed by atoms with van der Waals surface area (Å²) in [7, 11) is 0. The molecule has 0 atom stereocenters. The molecule has 0 bridgehead atoms. The highest BCUT2D eigenvalue weighted by molar-refractivity contribution is 6.23. The van der Waals surface area contributed by atoms with E-state index in [1.807, 2.05) is 0 Å². The van der Waals surface area contributed by atoms with Crippen molar-refractivity contribution >= 4 is 12.2 Å². The van der Waals surface area contributed by atoms with Crippen molar-refractivity contribution in [2.45, 2.75) is 71.6 Å². The number of carbonyl (C=O) groups excluding carboxylic acids is 2. The Morgan fingerprint density at radius 3 is 1.96 bits per heavy atom. The number of aldehydes is 1. The van der Waals surface area contributed by atoms with Crippen molar-refractivity contribution in [2.75, 3.05) is 6.54 Å². The number of aryl methyl sites for hydroxylation is 1. The zero-order chi connectivity index (χ0) is 18.5. The average Bonchev–Trinajstić information content (AvgIpc) is 2.45. The second-order valence-corrected chi connectivity index (χ2v) is 8.41. The standard InChI is InChI=1S/C20H31NO3/c1-19(2,3)15-11-14(9-7-8-10-21-17(23)13-22)12-16(18(15)24)20(4,5)6/h11-13,24H,7-10H2,1-6H3,(H,21,23).